The van der Waals surface area contributed by atoms with Crippen LogP contribution in [0.15, 0.2) is 24.3 Å². The number of aryl methyl sites for hydroxylation is 1. The number of carbonyl (C=O) groups excluding carboxylic acids is 3. The Morgan fingerprint density at radius 1 is 1.26 bits per heavy atom. The Balaban J connectivity index is 2.23. The van der Waals surface area contributed by atoms with E-state index in [1.165, 1.54) is 4.90 Å². The largest absolute Gasteiger partial charge is 0.368 e. The van der Waals surface area contributed by atoms with Gasteiger partial charge in [0.2, 0.25) is 11.8 Å². The highest BCUT2D eigenvalue weighted by molar-refractivity contribution is 6.44. The zero-order valence-electron chi connectivity index (χ0n) is 16.3. The first-order chi connectivity index (χ1) is 12.5. The molecule has 1 fully saturated rings. The zero-order chi connectivity index (χ0) is 20.4. The molecule has 0 aliphatic carbocycles. The highest BCUT2D eigenvalue weighted by Crippen LogP contribution is 2.25. The van der Waals surface area contributed by atoms with Gasteiger partial charge in [-0.1, -0.05) is 45.0 Å². The third-order valence-corrected chi connectivity index (χ3v) is 4.89. The second-order valence-corrected chi connectivity index (χ2v) is 8.05. The van der Waals surface area contributed by atoms with Gasteiger partial charge in [0.1, 0.15) is 17.8 Å². The van der Waals surface area contributed by atoms with Crippen molar-refractivity contribution >= 4 is 23.4 Å². The first-order valence-corrected chi connectivity index (χ1v) is 9.09. The van der Waals surface area contributed by atoms with Gasteiger partial charge in [-0.2, -0.15) is 0 Å². The Morgan fingerprint density at radius 3 is 2.44 bits per heavy atom. The molecular weight excluding hydrogens is 344 g/mol. The van der Waals surface area contributed by atoms with Crippen LogP contribution in [0.25, 0.3) is 0 Å². The van der Waals surface area contributed by atoms with Crippen molar-refractivity contribution in [2.24, 2.45) is 11.1 Å². The lowest BCUT2D eigenvalue weighted by Crippen LogP contribution is -2.58. The lowest BCUT2D eigenvalue weighted by molar-refractivity contribution is -0.142. The van der Waals surface area contributed by atoms with Crippen molar-refractivity contribution in [3.63, 3.8) is 0 Å². The number of primary amides is 1. The van der Waals surface area contributed by atoms with Crippen LogP contribution in [0.1, 0.15) is 44.7 Å². The number of nitrogens with zero attached hydrogens (tertiary/aromatic N) is 1. The molecule has 0 spiro atoms. The van der Waals surface area contributed by atoms with Gasteiger partial charge in [-0.25, -0.2) is 0 Å². The summed E-state index contributed by atoms with van der Waals surface area (Å²) < 4.78 is 0. The summed E-state index contributed by atoms with van der Waals surface area (Å²) >= 11 is 0. The molecule has 2 rings (SSSR count). The SMILES string of the molecule is Cc1ccccc1C(=N)C(=O)NC(C(=O)N1CCCC1C(N)=O)C(C)(C)C. The maximum Gasteiger partial charge on any atom is 0.270 e. The van der Waals surface area contributed by atoms with Gasteiger partial charge >= 0.3 is 0 Å². The third kappa shape index (κ3) is 4.53. The van der Waals surface area contributed by atoms with Gasteiger partial charge in [0.15, 0.2) is 0 Å². The predicted molar refractivity (Wildman–Crippen MR) is 103 cm³/mol. The Bertz CT molecular complexity index is 767. The van der Waals surface area contributed by atoms with E-state index in [0.717, 1.165) is 5.56 Å². The summed E-state index contributed by atoms with van der Waals surface area (Å²) in [5.74, 6) is -1.49. The number of nitrogens with one attached hydrogen (secondary N) is 2. The van der Waals surface area contributed by atoms with E-state index < -0.39 is 29.3 Å². The van der Waals surface area contributed by atoms with Crippen LogP contribution in [-0.4, -0.2) is 47.0 Å². The average molecular weight is 372 g/mol. The van der Waals surface area contributed by atoms with Crippen molar-refractivity contribution in [2.75, 3.05) is 6.54 Å². The van der Waals surface area contributed by atoms with Crippen molar-refractivity contribution in [3.8, 4) is 0 Å². The fraction of sp³-hybridized carbons (Fsp3) is 0.500. The van der Waals surface area contributed by atoms with Crippen LogP contribution < -0.4 is 11.1 Å². The molecule has 146 valence electrons. The van der Waals surface area contributed by atoms with E-state index in [9.17, 15) is 14.4 Å². The number of nitrogens with two attached hydrogens (primary N) is 1. The zero-order valence-corrected chi connectivity index (χ0v) is 16.3. The third-order valence-electron chi connectivity index (χ3n) is 4.89. The maximum atomic E-state index is 13.1. The molecule has 1 aliphatic heterocycles. The minimum atomic E-state index is -0.866. The lowest BCUT2D eigenvalue weighted by atomic mass is 9.85. The average Bonchev–Trinajstić information content (AvgIpc) is 3.07. The summed E-state index contributed by atoms with van der Waals surface area (Å²) in [6, 6.07) is 5.62. The predicted octanol–water partition coefficient (Wildman–Crippen LogP) is 1.37. The molecule has 0 radical (unpaired) electrons. The molecule has 2 unspecified atom stereocenters. The van der Waals surface area contributed by atoms with Crippen LogP contribution in [0.5, 0.6) is 0 Å². The van der Waals surface area contributed by atoms with E-state index in [2.05, 4.69) is 5.32 Å². The van der Waals surface area contributed by atoms with Crippen LogP contribution in [-0.2, 0) is 14.4 Å². The monoisotopic (exact) mass is 372 g/mol. The molecule has 2 atom stereocenters. The van der Waals surface area contributed by atoms with E-state index in [4.69, 9.17) is 11.1 Å². The molecule has 1 saturated heterocycles. The standard InChI is InChI=1S/C20H28N4O3/c1-12-8-5-6-9-13(12)15(21)18(26)23-16(20(2,3)4)19(27)24-11-7-10-14(24)17(22)25/h5-6,8-9,14,16,21H,7,10-11H2,1-4H3,(H2,22,25)(H,23,26). The second kappa shape index (κ2) is 7.90. The Hall–Kier alpha value is -2.70. The summed E-state index contributed by atoms with van der Waals surface area (Å²) in [6.07, 6.45) is 1.23. The van der Waals surface area contributed by atoms with Gasteiger partial charge in [0, 0.05) is 12.1 Å². The minimum Gasteiger partial charge on any atom is -0.368 e. The molecule has 7 nitrogen and oxygen atoms in total. The number of benzene rings is 1. The lowest BCUT2D eigenvalue weighted by Gasteiger charge is -2.35. The number of carbonyl (C=O) groups is 3. The first-order valence-electron chi connectivity index (χ1n) is 9.09. The molecule has 0 aromatic heterocycles. The van der Waals surface area contributed by atoms with Crippen LogP contribution >= 0.6 is 0 Å². The summed E-state index contributed by atoms with van der Waals surface area (Å²) in [4.78, 5) is 38.9. The van der Waals surface area contributed by atoms with Gasteiger partial charge in [-0.15, -0.1) is 0 Å². The van der Waals surface area contributed by atoms with Gasteiger partial charge in [-0.05, 0) is 30.7 Å². The highest BCUT2D eigenvalue weighted by atomic mass is 16.2. The Labute approximate surface area is 159 Å². The van der Waals surface area contributed by atoms with Crippen molar-refractivity contribution in [2.45, 2.75) is 52.6 Å². The number of likely N-dealkylation sites (tertiary alicyclic amines) is 1. The molecule has 1 aromatic rings. The Morgan fingerprint density at radius 2 is 1.89 bits per heavy atom. The van der Waals surface area contributed by atoms with Crippen LogP contribution in [0.2, 0.25) is 0 Å². The molecule has 0 bridgehead atoms. The highest BCUT2D eigenvalue weighted by Gasteiger charge is 2.41. The topological polar surface area (TPSA) is 116 Å². The molecule has 4 N–H and O–H groups in total. The van der Waals surface area contributed by atoms with Crippen LogP contribution in [0.4, 0.5) is 0 Å². The molecule has 1 aliphatic rings. The molecule has 7 heteroatoms. The molecule has 3 amide bonds. The van der Waals surface area contributed by atoms with Gasteiger partial charge < -0.3 is 16.0 Å². The molecule has 1 heterocycles. The van der Waals surface area contributed by atoms with Crippen LogP contribution in [0, 0.1) is 17.7 Å². The van der Waals surface area contributed by atoms with E-state index in [1.54, 1.807) is 12.1 Å². The smallest absolute Gasteiger partial charge is 0.270 e. The fourth-order valence-electron chi connectivity index (χ4n) is 3.32. The van der Waals surface area contributed by atoms with Crippen molar-refractivity contribution < 1.29 is 14.4 Å². The first kappa shape index (κ1) is 20.6. The summed E-state index contributed by atoms with van der Waals surface area (Å²) in [5, 5.41) is 10.9. The minimum absolute atomic E-state index is 0.192. The number of rotatable bonds is 5. The number of hydrogen-bond acceptors (Lipinski definition) is 4. The van der Waals surface area contributed by atoms with E-state index in [-0.39, 0.29) is 11.6 Å². The molecular formula is C20H28N4O3. The number of amides is 3. The fourth-order valence-corrected chi connectivity index (χ4v) is 3.32. The van der Waals surface area contributed by atoms with E-state index in [0.29, 0.717) is 24.9 Å². The van der Waals surface area contributed by atoms with Crippen molar-refractivity contribution in [1.29, 1.82) is 5.41 Å². The van der Waals surface area contributed by atoms with Gasteiger partial charge in [-0.3, -0.25) is 19.8 Å². The molecule has 0 saturated carbocycles. The number of hydrogen-bond donors (Lipinski definition) is 3. The van der Waals surface area contributed by atoms with E-state index >= 15 is 0 Å². The maximum absolute atomic E-state index is 13.1. The Kier molecular flexibility index (Phi) is 6.03. The van der Waals surface area contributed by atoms with Crippen molar-refractivity contribution in [3.05, 3.63) is 35.4 Å². The van der Waals surface area contributed by atoms with Crippen molar-refractivity contribution in [1.82, 2.24) is 10.2 Å². The summed E-state index contributed by atoms with van der Waals surface area (Å²) in [7, 11) is 0. The van der Waals surface area contributed by atoms with Gasteiger partial charge in [0.25, 0.3) is 5.91 Å². The van der Waals surface area contributed by atoms with Crippen LogP contribution in [0.3, 0.4) is 0 Å². The van der Waals surface area contributed by atoms with Gasteiger partial charge in [0.05, 0.1) is 0 Å². The summed E-state index contributed by atoms with van der Waals surface area (Å²) in [5.41, 5.74) is 5.97. The van der Waals surface area contributed by atoms with E-state index in [1.807, 2.05) is 39.8 Å². The molecule has 27 heavy (non-hydrogen) atoms. The second-order valence-electron chi connectivity index (χ2n) is 8.05. The quantitative estimate of drug-likeness (QED) is 0.678. The molecule has 1 aromatic carbocycles. The summed E-state index contributed by atoms with van der Waals surface area (Å²) in [6.45, 7) is 7.77. The normalized spacial score (nSPS) is 18.1.